The third-order valence-corrected chi connectivity index (χ3v) is 7.68. The van der Waals surface area contributed by atoms with Gasteiger partial charge in [0.15, 0.2) is 9.84 Å². The van der Waals surface area contributed by atoms with E-state index in [-0.39, 0.29) is 16.7 Å². The maximum Gasteiger partial charge on any atom is 0.185 e. The van der Waals surface area contributed by atoms with Gasteiger partial charge in [0.05, 0.1) is 15.6 Å². The summed E-state index contributed by atoms with van der Waals surface area (Å²) < 4.78 is 29.0. The molecule has 0 radical (unpaired) electrons. The summed E-state index contributed by atoms with van der Waals surface area (Å²) in [7, 11) is -3.51. The van der Waals surface area contributed by atoms with Crippen LogP contribution in [0, 0.1) is 0 Å². The third kappa shape index (κ3) is 5.14. The number of halogens is 1. The number of hydrogen-bond acceptors (Lipinski definition) is 7. The molecule has 1 aromatic heterocycles. The molecule has 1 N–H and O–H groups in total. The number of nitrogens with zero attached hydrogens (tertiary/aromatic N) is 3. The molecule has 2 aromatic carbocycles. The van der Waals surface area contributed by atoms with Gasteiger partial charge < -0.3 is 5.32 Å². The number of rotatable bonds is 7. The molecule has 2 heterocycles. The summed E-state index contributed by atoms with van der Waals surface area (Å²) >= 11 is 7.48. The van der Waals surface area contributed by atoms with Crippen LogP contribution in [0.2, 0.25) is 5.02 Å². The lowest BCUT2D eigenvalue weighted by Gasteiger charge is -2.18. The molecular weight excluding hydrogens is 428 g/mol. The first-order valence-electron chi connectivity index (χ1n) is 9.30. The van der Waals surface area contributed by atoms with Crippen molar-refractivity contribution >= 4 is 38.7 Å². The van der Waals surface area contributed by atoms with Crippen molar-refractivity contribution in [3.05, 3.63) is 70.5 Å². The molecule has 6 nitrogen and oxygen atoms in total. The molecule has 0 spiro atoms. The minimum atomic E-state index is -3.51. The Balaban J connectivity index is 1.39. The quantitative estimate of drug-likeness (QED) is 0.591. The van der Waals surface area contributed by atoms with Gasteiger partial charge in [-0.3, -0.25) is 4.90 Å². The van der Waals surface area contributed by atoms with E-state index in [0.29, 0.717) is 10.0 Å². The van der Waals surface area contributed by atoms with E-state index < -0.39 is 9.84 Å². The molecule has 0 unspecified atom stereocenters. The summed E-state index contributed by atoms with van der Waals surface area (Å²) in [6.45, 7) is 2.86. The molecule has 1 fully saturated rings. The van der Waals surface area contributed by atoms with Crippen molar-refractivity contribution in [3.8, 4) is 0 Å². The molecule has 152 valence electrons. The lowest BCUT2D eigenvalue weighted by Crippen LogP contribution is -2.26. The Hall–Kier alpha value is -2.00. The molecule has 29 heavy (non-hydrogen) atoms. The highest BCUT2D eigenvalue weighted by molar-refractivity contribution is 7.90. The van der Waals surface area contributed by atoms with E-state index in [1.165, 1.54) is 18.0 Å². The van der Waals surface area contributed by atoms with Crippen molar-refractivity contribution in [1.82, 2.24) is 14.3 Å². The van der Waals surface area contributed by atoms with Gasteiger partial charge in [-0.2, -0.15) is 4.37 Å². The van der Waals surface area contributed by atoms with Crippen LogP contribution >= 0.6 is 23.1 Å². The van der Waals surface area contributed by atoms with Crippen molar-refractivity contribution in [2.45, 2.75) is 29.7 Å². The van der Waals surface area contributed by atoms with Crippen LogP contribution in [-0.2, 0) is 22.1 Å². The van der Waals surface area contributed by atoms with Gasteiger partial charge in [0, 0.05) is 25.7 Å². The second-order valence-corrected chi connectivity index (χ2v) is 10.3. The van der Waals surface area contributed by atoms with E-state index in [1.807, 2.05) is 6.07 Å². The van der Waals surface area contributed by atoms with E-state index in [2.05, 4.69) is 43.8 Å². The second-order valence-electron chi connectivity index (χ2n) is 7.09. The van der Waals surface area contributed by atoms with E-state index >= 15 is 0 Å². The van der Waals surface area contributed by atoms with Gasteiger partial charge in [-0.25, -0.2) is 13.4 Å². The second kappa shape index (κ2) is 8.79. The van der Waals surface area contributed by atoms with Gasteiger partial charge >= 0.3 is 0 Å². The van der Waals surface area contributed by atoms with Crippen LogP contribution < -0.4 is 5.32 Å². The number of anilines is 1. The predicted octanol–water partition coefficient (Wildman–Crippen LogP) is 3.85. The molecule has 1 saturated heterocycles. The van der Waals surface area contributed by atoms with Crippen LogP contribution in [0.4, 0.5) is 5.69 Å². The molecule has 0 bridgehead atoms. The lowest BCUT2D eigenvalue weighted by atomic mass is 10.2. The highest BCUT2D eigenvalue weighted by Crippen LogP contribution is 2.29. The highest BCUT2D eigenvalue weighted by atomic mass is 35.5. The molecule has 1 aliphatic heterocycles. The van der Waals surface area contributed by atoms with Crippen LogP contribution in [0.5, 0.6) is 0 Å². The zero-order valence-corrected chi connectivity index (χ0v) is 18.1. The Kier molecular flexibility index (Phi) is 6.15. The van der Waals surface area contributed by atoms with Gasteiger partial charge in [-0.15, -0.1) is 0 Å². The normalized spacial score (nSPS) is 17.5. The SMILES string of the molecule is O=S(=O)(Cc1ncns1)c1ccc(N[C@@H]2CCN(Cc3ccccc3)C2)c(Cl)c1. The zero-order chi connectivity index (χ0) is 20.3. The summed E-state index contributed by atoms with van der Waals surface area (Å²) in [5, 5.41) is 4.33. The van der Waals surface area contributed by atoms with Crippen molar-refractivity contribution in [3.63, 3.8) is 0 Å². The maximum absolute atomic E-state index is 12.6. The topological polar surface area (TPSA) is 75.2 Å². The monoisotopic (exact) mass is 448 g/mol. The van der Waals surface area contributed by atoms with Crippen molar-refractivity contribution in [1.29, 1.82) is 0 Å². The van der Waals surface area contributed by atoms with Gasteiger partial charge in [0.25, 0.3) is 0 Å². The molecular formula is C20H21ClN4O2S2. The van der Waals surface area contributed by atoms with Gasteiger partial charge in [-0.05, 0) is 41.7 Å². The first-order valence-corrected chi connectivity index (χ1v) is 12.1. The summed E-state index contributed by atoms with van der Waals surface area (Å²) in [4.78, 5) is 6.55. The van der Waals surface area contributed by atoms with Crippen molar-refractivity contribution < 1.29 is 8.42 Å². The van der Waals surface area contributed by atoms with Gasteiger partial charge in [0.2, 0.25) is 0 Å². The fourth-order valence-electron chi connectivity index (χ4n) is 3.47. The first kappa shape index (κ1) is 20.3. The molecule has 0 aliphatic carbocycles. The molecule has 0 amide bonds. The largest absolute Gasteiger partial charge is 0.380 e. The predicted molar refractivity (Wildman–Crippen MR) is 116 cm³/mol. The first-order chi connectivity index (χ1) is 14.0. The number of benzene rings is 2. The van der Waals surface area contributed by atoms with E-state index in [9.17, 15) is 8.42 Å². The van der Waals surface area contributed by atoms with Crippen LogP contribution in [0.15, 0.2) is 59.8 Å². The average Bonchev–Trinajstić information content (AvgIpc) is 3.36. The van der Waals surface area contributed by atoms with E-state index in [4.69, 9.17) is 11.6 Å². The van der Waals surface area contributed by atoms with E-state index in [0.717, 1.165) is 43.3 Å². The van der Waals surface area contributed by atoms with E-state index in [1.54, 1.807) is 12.1 Å². The zero-order valence-electron chi connectivity index (χ0n) is 15.7. The Labute approximate surface area is 179 Å². The number of hydrogen-bond donors (Lipinski definition) is 1. The number of nitrogens with one attached hydrogen (secondary N) is 1. The Bertz CT molecular complexity index is 1060. The maximum atomic E-state index is 12.6. The van der Waals surface area contributed by atoms with Crippen LogP contribution in [-0.4, -0.2) is 41.8 Å². The highest BCUT2D eigenvalue weighted by Gasteiger charge is 2.24. The Morgan fingerprint density at radius 1 is 1.21 bits per heavy atom. The number of likely N-dealkylation sites (tertiary alicyclic amines) is 1. The molecule has 3 aromatic rings. The standard InChI is InChI=1S/C20H21ClN4O2S2/c21-18-10-17(29(26,27)13-20-22-14-23-28-20)6-7-19(18)24-16-8-9-25(12-16)11-15-4-2-1-3-5-15/h1-7,10,14,16,24H,8-9,11-13H2/t16-/m1/s1. The van der Waals surface area contributed by atoms with Crippen molar-refractivity contribution in [2.24, 2.45) is 0 Å². The molecule has 4 rings (SSSR count). The minimum Gasteiger partial charge on any atom is -0.380 e. The summed E-state index contributed by atoms with van der Waals surface area (Å²) in [5.74, 6) is -0.169. The number of aromatic nitrogens is 2. The summed E-state index contributed by atoms with van der Waals surface area (Å²) in [6, 6.07) is 15.5. The minimum absolute atomic E-state index is 0.169. The number of sulfone groups is 1. The van der Waals surface area contributed by atoms with Crippen molar-refractivity contribution in [2.75, 3.05) is 18.4 Å². The van der Waals surface area contributed by atoms with Crippen LogP contribution in [0.3, 0.4) is 0 Å². The fraction of sp³-hybridized carbons (Fsp3) is 0.300. The summed E-state index contributed by atoms with van der Waals surface area (Å²) in [6.07, 6.45) is 2.37. The van der Waals surface area contributed by atoms with Gasteiger partial charge in [0.1, 0.15) is 17.1 Å². The molecule has 0 saturated carbocycles. The fourth-order valence-corrected chi connectivity index (χ4v) is 5.89. The lowest BCUT2D eigenvalue weighted by molar-refractivity contribution is 0.328. The third-order valence-electron chi connectivity index (χ3n) is 4.90. The average molecular weight is 449 g/mol. The smallest absolute Gasteiger partial charge is 0.185 e. The Morgan fingerprint density at radius 2 is 2.03 bits per heavy atom. The van der Waals surface area contributed by atoms with Crippen LogP contribution in [0.25, 0.3) is 0 Å². The summed E-state index contributed by atoms with van der Waals surface area (Å²) in [5.41, 5.74) is 2.06. The molecule has 1 aliphatic rings. The molecule has 9 heteroatoms. The molecule has 1 atom stereocenters. The Morgan fingerprint density at radius 3 is 2.76 bits per heavy atom. The van der Waals surface area contributed by atoms with Gasteiger partial charge in [-0.1, -0.05) is 41.9 Å². The van der Waals surface area contributed by atoms with Crippen LogP contribution in [0.1, 0.15) is 17.0 Å².